The molecule has 0 heterocycles. The van der Waals surface area contributed by atoms with Gasteiger partial charge in [0.2, 0.25) is 5.91 Å². The average molecular weight is 300 g/mol. The number of amides is 1. The van der Waals surface area contributed by atoms with E-state index >= 15 is 0 Å². The van der Waals surface area contributed by atoms with Crippen molar-refractivity contribution in [3.63, 3.8) is 0 Å². The molecule has 17 heavy (non-hydrogen) atoms. The van der Waals surface area contributed by atoms with Crippen molar-refractivity contribution < 1.29 is 4.79 Å². The number of hydrogen-bond acceptors (Lipinski definition) is 3. The van der Waals surface area contributed by atoms with Gasteiger partial charge < -0.3 is 16.0 Å². The first-order chi connectivity index (χ1) is 8.02. The topological polar surface area (TPSA) is 58.4 Å². The summed E-state index contributed by atoms with van der Waals surface area (Å²) in [5.41, 5.74) is 7.76. The number of carbonyl (C=O) groups is 1. The lowest BCUT2D eigenvalue weighted by molar-refractivity contribution is -0.120. The van der Waals surface area contributed by atoms with Gasteiger partial charge in [-0.1, -0.05) is 22.0 Å². The Hall–Kier alpha value is -1.07. The summed E-state index contributed by atoms with van der Waals surface area (Å²) in [6, 6.07) is 5.86. The zero-order valence-corrected chi connectivity index (χ0v) is 11.8. The van der Waals surface area contributed by atoms with Crippen molar-refractivity contribution in [2.45, 2.75) is 13.0 Å². The third-order valence-corrected chi connectivity index (χ3v) is 3.04. The lowest BCUT2D eigenvalue weighted by Gasteiger charge is -2.17. The lowest BCUT2D eigenvalue weighted by Crippen LogP contribution is -2.26. The third-order valence-electron chi connectivity index (χ3n) is 2.55. The van der Waals surface area contributed by atoms with Crippen LogP contribution in [0.2, 0.25) is 0 Å². The Bertz CT molecular complexity index is 395. The molecule has 0 aliphatic carbocycles. The van der Waals surface area contributed by atoms with Gasteiger partial charge >= 0.3 is 0 Å². The lowest BCUT2D eigenvalue weighted by atomic mass is 10.1. The first-order valence-corrected chi connectivity index (χ1v) is 6.25. The fraction of sp³-hybridized carbons (Fsp3) is 0.417. The molecule has 3 N–H and O–H groups in total. The molecule has 94 valence electrons. The van der Waals surface area contributed by atoms with Crippen LogP contribution >= 0.6 is 15.9 Å². The summed E-state index contributed by atoms with van der Waals surface area (Å²) in [6.45, 7) is 1.46. The fourth-order valence-electron chi connectivity index (χ4n) is 1.50. The Morgan fingerprint density at radius 1 is 1.53 bits per heavy atom. The van der Waals surface area contributed by atoms with Gasteiger partial charge in [0.15, 0.2) is 0 Å². The van der Waals surface area contributed by atoms with Crippen LogP contribution in [0.25, 0.3) is 0 Å². The van der Waals surface area contributed by atoms with E-state index in [0.717, 1.165) is 28.8 Å². The van der Waals surface area contributed by atoms with Crippen molar-refractivity contribution in [1.29, 1.82) is 0 Å². The van der Waals surface area contributed by atoms with E-state index < -0.39 is 0 Å². The van der Waals surface area contributed by atoms with Gasteiger partial charge in [-0.05, 0) is 24.7 Å². The van der Waals surface area contributed by atoms with E-state index in [1.54, 1.807) is 7.05 Å². The van der Waals surface area contributed by atoms with Crippen molar-refractivity contribution >= 4 is 27.5 Å². The number of benzene rings is 1. The minimum atomic E-state index is 0.0561. The maximum atomic E-state index is 11.1. The summed E-state index contributed by atoms with van der Waals surface area (Å²) in [6.07, 6.45) is 0.503. The Morgan fingerprint density at radius 2 is 2.24 bits per heavy atom. The Kier molecular flexibility index (Phi) is 5.44. The van der Waals surface area contributed by atoms with Crippen molar-refractivity contribution in [2.75, 3.05) is 26.4 Å². The van der Waals surface area contributed by atoms with Gasteiger partial charge in [-0.15, -0.1) is 0 Å². The number of nitrogens with zero attached hydrogens (tertiary/aromatic N) is 1. The predicted octanol–water partition coefficient (Wildman–Crippen LogP) is 1.60. The van der Waals surface area contributed by atoms with Crippen molar-refractivity contribution in [1.82, 2.24) is 10.2 Å². The zero-order chi connectivity index (χ0) is 12.8. The molecule has 0 aliphatic heterocycles. The monoisotopic (exact) mass is 299 g/mol. The molecule has 0 aliphatic rings. The van der Waals surface area contributed by atoms with E-state index in [4.69, 9.17) is 5.73 Å². The molecular weight excluding hydrogens is 282 g/mol. The smallest absolute Gasteiger partial charge is 0.221 e. The SMILES string of the molecule is CNC(=O)CCN(C)Cc1ccc(Br)cc1N. The Balaban J connectivity index is 2.50. The van der Waals surface area contributed by atoms with Gasteiger partial charge in [0, 0.05) is 36.7 Å². The van der Waals surface area contributed by atoms with E-state index in [-0.39, 0.29) is 5.91 Å². The highest BCUT2D eigenvalue weighted by atomic mass is 79.9. The molecule has 0 atom stereocenters. The maximum absolute atomic E-state index is 11.1. The molecule has 0 radical (unpaired) electrons. The molecule has 1 rings (SSSR count). The summed E-state index contributed by atoms with van der Waals surface area (Å²) < 4.78 is 0.978. The molecule has 0 saturated carbocycles. The summed E-state index contributed by atoms with van der Waals surface area (Å²) >= 11 is 3.38. The number of nitrogen functional groups attached to an aromatic ring is 1. The van der Waals surface area contributed by atoms with E-state index in [1.165, 1.54) is 0 Å². The van der Waals surface area contributed by atoms with Crippen LogP contribution in [0.5, 0.6) is 0 Å². The number of halogens is 1. The molecule has 1 aromatic rings. The summed E-state index contributed by atoms with van der Waals surface area (Å²) in [5.74, 6) is 0.0561. The highest BCUT2D eigenvalue weighted by Crippen LogP contribution is 2.19. The molecule has 0 spiro atoms. The number of anilines is 1. The maximum Gasteiger partial charge on any atom is 0.221 e. The number of nitrogens with two attached hydrogens (primary N) is 1. The Morgan fingerprint density at radius 3 is 2.82 bits per heavy atom. The average Bonchev–Trinajstić information content (AvgIpc) is 2.29. The van der Waals surface area contributed by atoms with E-state index in [1.807, 2.05) is 25.2 Å². The first-order valence-electron chi connectivity index (χ1n) is 5.46. The second-order valence-electron chi connectivity index (χ2n) is 4.00. The summed E-state index contributed by atoms with van der Waals surface area (Å²) in [4.78, 5) is 13.2. The van der Waals surface area contributed by atoms with Crippen LogP contribution in [0.15, 0.2) is 22.7 Å². The minimum absolute atomic E-state index is 0.0561. The van der Waals surface area contributed by atoms with E-state index in [2.05, 4.69) is 26.1 Å². The van der Waals surface area contributed by atoms with Crippen LogP contribution in [0, 0.1) is 0 Å². The Labute approximate surface area is 110 Å². The van der Waals surface area contributed by atoms with Crippen LogP contribution < -0.4 is 11.1 Å². The van der Waals surface area contributed by atoms with Gasteiger partial charge in [0.1, 0.15) is 0 Å². The second-order valence-corrected chi connectivity index (χ2v) is 4.92. The molecule has 0 saturated heterocycles. The largest absolute Gasteiger partial charge is 0.398 e. The molecule has 0 aromatic heterocycles. The van der Waals surface area contributed by atoms with Crippen LogP contribution in [0.4, 0.5) is 5.69 Å². The molecule has 1 aromatic carbocycles. The first kappa shape index (κ1) is 14.0. The highest BCUT2D eigenvalue weighted by Gasteiger charge is 2.06. The van der Waals surface area contributed by atoms with Crippen LogP contribution in [-0.4, -0.2) is 31.4 Å². The van der Waals surface area contributed by atoms with Crippen LogP contribution in [0.3, 0.4) is 0 Å². The molecule has 0 bridgehead atoms. The number of rotatable bonds is 5. The quantitative estimate of drug-likeness (QED) is 0.812. The number of nitrogens with one attached hydrogen (secondary N) is 1. The standard InChI is InChI=1S/C12H18BrN3O/c1-15-12(17)5-6-16(2)8-9-3-4-10(13)7-11(9)14/h3-4,7H,5-6,8,14H2,1-2H3,(H,15,17). The van der Waals surface area contributed by atoms with Gasteiger partial charge in [-0.25, -0.2) is 0 Å². The molecule has 1 amide bonds. The predicted molar refractivity (Wildman–Crippen MR) is 73.6 cm³/mol. The summed E-state index contributed by atoms with van der Waals surface area (Å²) in [7, 11) is 3.62. The minimum Gasteiger partial charge on any atom is -0.398 e. The van der Waals surface area contributed by atoms with Crippen molar-refractivity contribution in [3.05, 3.63) is 28.2 Å². The molecular formula is C12H18BrN3O. The van der Waals surface area contributed by atoms with Crippen LogP contribution in [-0.2, 0) is 11.3 Å². The van der Waals surface area contributed by atoms with Crippen LogP contribution in [0.1, 0.15) is 12.0 Å². The normalized spacial score (nSPS) is 10.6. The third kappa shape index (κ3) is 4.75. The van der Waals surface area contributed by atoms with Crippen molar-refractivity contribution in [3.8, 4) is 0 Å². The summed E-state index contributed by atoms with van der Waals surface area (Å²) in [5, 5.41) is 2.61. The van der Waals surface area contributed by atoms with Gasteiger partial charge in [-0.2, -0.15) is 0 Å². The molecule has 0 unspecified atom stereocenters. The molecule has 4 nitrogen and oxygen atoms in total. The zero-order valence-electron chi connectivity index (χ0n) is 10.2. The van der Waals surface area contributed by atoms with Gasteiger partial charge in [-0.3, -0.25) is 4.79 Å². The van der Waals surface area contributed by atoms with Crippen molar-refractivity contribution in [2.24, 2.45) is 0 Å². The van der Waals surface area contributed by atoms with Gasteiger partial charge in [0.25, 0.3) is 0 Å². The highest BCUT2D eigenvalue weighted by molar-refractivity contribution is 9.10. The number of hydrogen-bond donors (Lipinski definition) is 2. The molecule has 5 heteroatoms. The molecule has 0 fully saturated rings. The van der Waals surface area contributed by atoms with E-state index in [9.17, 15) is 4.79 Å². The number of carbonyl (C=O) groups excluding carboxylic acids is 1. The van der Waals surface area contributed by atoms with Gasteiger partial charge in [0.05, 0.1) is 0 Å². The fourth-order valence-corrected chi connectivity index (χ4v) is 1.88. The van der Waals surface area contributed by atoms with E-state index in [0.29, 0.717) is 6.42 Å². The second kappa shape index (κ2) is 6.61.